The van der Waals surface area contributed by atoms with Crippen LogP contribution < -0.4 is 9.47 Å². The summed E-state index contributed by atoms with van der Waals surface area (Å²) in [6.07, 6.45) is 3.86. The molecule has 0 saturated heterocycles. The van der Waals surface area contributed by atoms with Crippen molar-refractivity contribution < 1.29 is 29.2 Å². The molecule has 0 unspecified atom stereocenters. The molecule has 1 aliphatic heterocycles. The number of benzene rings is 2. The molecule has 0 aromatic heterocycles. The summed E-state index contributed by atoms with van der Waals surface area (Å²) in [6, 6.07) is 11.5. The summed E-state index contributed by atoms with van der Waals surface area (Å²) in [6.45, 7) is 1.32. The molecule has 2 N–H and O–H groups in total. The van der Waals surface area contributed by atoms with E-state index in [9.17, 15) is 15.0 Å². The smallest absolute Gasteiger partial charge is 0.303 e. The highest BCUT2D eigenvalue weighted by Gasteiger charge is 2.58. The van der Waals surface area contributed by atoms with E-state index in [0.717, 1.165) is 10.8 Å². The molecule has 144 valence electrons. The molecule has 2 aromatic rings. The van der Waals surface area contributed by atoms with Gasteiger partial charge in [0.25, 0.3) is 5.79 Å². The average molecular weight is 380 g/mol. The van der Waals surface area contributed by atoms with E-state index in [0.29, 0.717) is 11.5 Å². The lowest BCUT2D eigenvalue weighted by molar-refractivity contribution is -0.198. The number of aliphatic hydroxyl groups is 2. The number of aliphatic hydroxyl groups excluding tert-OH is 2. The van der Waals surface area contributed by atoms with Gasteiger partial charge in [0.1, 0.15) is 17.6 Å². The van der Waals surface area contributed by atoms with Crippen molar-refractivity contribution in [1.29, 1.82) is 0 Å². The molecule has 0 fully saturated rings. The van der Waals surface area contributed by atoms with E-state index >= 15 is 0 Å². The third kappa shape index (κ3) is 2.45. The molecule has 2 aromatic carbocycles. The Labute approximate surface area is 161 Å². The van der Waals surface area contributed by atoms with Crippen molar-refractivity contribution in [3.8, 4) is 11.5 Å². The van der Waals surface area contributed by atoms with Crippen molar-refractivity contribution in [2.75, 3.05) is 0 Å². The number of hydrogen-bond donors (Lipinski definition) is 2. The summed E-state index contributed by atoms with van der Waals surface area (Å²) in [5, 5.41) is 23.3. The maximum absolute atomic E-state index is 11.6. The van der Waals surface area contributed by atoms with Gasteiger partial charge in [0.15, 0.2) is 0 Å². The van der Waals surface area contributed by atoms with E-state index < -0.39 is 41.9 Å². The van der Waals surface area contributed by atoms with Crippen molar-refractivity contribution >= 4 is 16.7 Å². The van der Waals surface area contributed by atoms with E-state index in [1.165, 1.54) is 6.92 Å². The highest BCUT2D eigenvalue weighted by molar-refractivity contribution is 5.94. The topological polar surface area (TPSA) is 85.2 Å². The summed E-state index contributed by atoms with van der Waals surface area (Å²) in [5.41, 5.74) is 0. The molecule has 28 heavy (non-hydrogen) atoms. The quantitative estimate of drug-likeness (QED) is 0.584. The van der Waals surface area contributed by atoms with Gasteiger partial charge >= 0.3 is 5.97 Å². The average Bonchev–Trinajstić information content (AvgIpc) is 2.66. The molecule has 6 nitrogen and oxygen atoms in total. The van der Waals surface area contributed by atoms with Gasteiger partial charge in [-0.05, 0) is 29.7 Å². The number of hydrogen-bond acceptors (Lipinski definition) is 6. The van der Waals surface area contributed by atoms with Crippen LogP contribution in [-0.4, -0.2) is 40.3 Å². The first-order chi connectivity index (χ1) is 13.5. The molecular formula is C22H20O6. The molecule has 6 heteroatoms. The van der Waals surface area contributed by atoms with E-state index in [1.807, 2.05) is 36.4 Å². The minimum Gasteiger partial charge on any atom is -0.458 e. The standard InChI is InChI=1S/C22H20O6/c1-12(23)26-16-9-8-15(25)21-20(16)14(24)10-11-22(21)27-17-6-2-4-13-5-3-7-18(28-22)19(13)17/h2-11,14-16,20-21,24-25H,1H3/t14-,15+,16-,20-,21-/m1/s1. The molecule has 1 spiro atoms. The second kappa shape index (κ2) is 6.09. The van der Waals surface area contributed by atoms with Crippen molar-refractivity contribution in [3.63, 3.8) is 0 Å². The van der Waals surface area contributed by atoms with Crippen molar-refractivity contribution in [1.82, 2.24) is 0 Å². The first-order valence-corrected chi connectivity index (χ1v) is 9.29. The van der Waals surface area contributed by atoms with E-state index in [4.69, 9.17) is 14.2 Å². The molecule has 0 radical (unpaired) electrons. The third-order valence-corrected chi connectivity index (χ3v) is 5.71. The molecule has 1 heterocycles. The predicted octanol–water partition coefficient (Wildman–Crippen LogP) is 2.33. The molecule has 5 rings (SSSR count). The van der Waals surface area contributed by atoms with Crippen LogP contribution in [0.5, 0.6) is 11.5 Å². The Morgan fingerprint density at radius 2 is 1.68 bits per heavy atom. The van der Waals surface area contributed by atoms with Crippen molar-refractivity contribution in [2.24, 2.45) is 11.8 Å². The van der Waals surface area contributed by atoms with Gasteiger partial charge in [0, 0.05) is 12.8 Å². The fourth-order valence-electron chi connectivity index (χ4n) is 4.61. The van der Waals surface area contributed by atoms with Gasteiger partial charge < -0.3 is 24.4 Å². The Bertz CT molecular complexity index is 969. The maximum atomic E-state index is 11.6. The number of fused-ring (bicyclic) bond motifs is 2. The zero-order valence-corrected chi connectivity index (χ0v) is 15.2. The van der Waals surface area contributed by atoms with E-state index in [1.54, 1.807) is 24.3 Å². The monoisotopic (exact) mass is 380 g/mol. The lowest BCUT2D eigenvalue weighted by atomic mass is 9.68. The lowest BCUT2D eigenvalue weighted by Gasteiger charge is -2.51. The van der Waals surface area contributed by atoms with Gasteiger partial charge in [-0.1, -0.05) is 36.4 Å². The fourth-order valence-corrected chi connectivity index (χ4v) is 4.61. The van der Waals surface area contributed by atoms with Crippen molar-refractivity contribution in [3.05, 3.63) is 60.7 Å². The molecule has 0 saturated carbocycles. The number of ether oxygens (including phenoxy) is 3. The number of carbonyl (C=O) groups is 1. The Kier molecular flexibility index (Phi) is 3.76. The van der Waals surface area contributed by atoms with Crippen LogP contribution in [0.25, 0.3) is 10.8 Å². The molecule has 0 amide bonds. The largest absolute Gasteiger partial charge is 0.458 e. The summed E-state index contributed by atoms with van der Waals surface area (Å²) in [4.78, 5) is 11.6. The summed E-state index contributed by atoms with van der Waals surface area (Å²) in [7, 11) is 0. The zero-order chi connectivity index (χ0) is 19.5. The highest BCUT2D eigenvalue weighted by atomic mass is 16.7. The summed E-state index contributed by atoms with van der Waals surface area (Å²) >= 11 is 0. The summed E-state index contributed by atoms with van der Waals surface area (Å²) < 4.78 is 18.0. The van der Waals surface area contributed by atoms with Crippen LogP contribution in [0.2, 0.25) is 0 Å². The van der Waals surface area contributed by atoms with Crippen LogP contribution in [0.15, 0.2) is 60.7 Å². The molecule has 0 bridgehead atoms. The zero-order valence-electron chi connectivity index (χ0n) is 15.2. The highest BCUT2D eigenvalue weighted by Crippen LogP contribution is 2.50. The fraction of sp³-hybridized carbons (Fsp3) is 0.318. The number of esters is 1. The van der Waals surface area contributed by atoms with Crippen LogP contribution in [0.3, 0.4) is 0 Å². The van der Waals surface area contributed by atoms with Crippen LogP contribution in [0, 0.1) is 11.8 Å². The van der Waals surface area contributed by atoms with Crippen LogP contribution in [0.4, 0.5) is 0 Å². The van der Waals surface area contributed by atoms with Gasteiger partial charge in [-0.3, -0.25) is 4.79 Å². The Hall–Kier alpha value is -2.83. The van der Waals surface area contributed by atoms with Gasteiger partial charge in [0.05, 0.1) is 23.5 Å². The van der Waals surface area contributed by atoms with Gasteiger partial charge in [0.2, 0.25) is 0 Å². The van der Waals surface area contributed by atoms with Gasteiger partial charge in [-0.2, -0.15) is 0 Å². The molecule has 2 aliphatic carbocycles. The van der Waals surface area contributed by atoms with E-state index in [2.05, 4.69) is 0 Å². The van der Waals surface area contributed by atoms with E-state index in [-0.39, 0.29) is 0 Å². The molecule has 5 atom stereocenters. The first-order valence-electron chi connectivity index (χ1n) is 9.29. The van der Waals surface area contributed by atoms with Gasteiger partial charge in [-0.25, -0.2) is 0 Å². The minimum absolute atomic E-state index is 0.457. The Morgan fingerprint density at radius 3 is 2.32 bits per heavy atom. The normalized spacial score (nSPS) is 31.8. The predicted molar refractivity (Wildman–Crippen MR) is 101 cm³/mol. The summed E-state index contributed by atoms with van der Waals surface area (Å²) in [5.74, 6) is -1.78. The SMILES string of the molecule is CC(=O)O[C@@H]1C=C[C@H](O)[C@@H]2[C@@H]1[C@H](O)C=CC21Oc2cccc3cccc(c23)O1. The number of carbonyl (C=O) groups excluding carboxylic acids is 1. The second-order valence-electron chi connectivity index (χ2n) is 7.44. The molecular weight excluding hydrogens is 360 g/mol. The number of rotatable bonds is 1. The van der Waals surface area contributed by atoms with Gasteiger partial charge in [-0.15, -0.1) is 0 Å². The Morgan fingerprint density at radius 1 is 1.00 bits per heavy atom. The van der Waals surface area contributed by atoms with Crippen LogP contribution in [-0.2, 0) is 9.53 Å². The molecule has 3 aliphatic rings. The Balaban J connectivity index is 1.63. The minimum atomic E-state index is -1.32. The van der Waals surface area contributed by atoms with Crippen LogP contribution in [0.1, 0.15) is 6.92 Å². The third-order valence-electron chi connectivity index (χ3n) is 5.71. The first kappa shape index (κ1) is 17.3. The second-order valence-corrected chi connectivity index (χ2v) is 7.44. The lowest BCUT2D eigenvalue weighted by Crippen LogP contribution is -2.63. The van der Waals surface area contributed by atoms with Crippen molar-refractivity contribution in [2.45, 2.75) is 31.0 Å². The van der Waals surface area contributed by atoms with Crippen LogP contribution >= 0.6 is 0 Å². The maximum Gasteiger partial charge on any atom is 0.303 e.